The number of hydrogen-bond donors (Lipinski definition) is 2. The zero-order valence-corrected chi connectivity index (χ0v) is 22.4. The van der Waals surface area contributed by atoms with E-state index in [9.17, 15) is 0 Å². The maximum Gasteiger partial charge on any atom is 0.203 e. The molecule has 2 aromatic carbocycles. The average Bonchev–Trinajstić information content (AvgIpc) is 2.82. The lowest BCUT2D eigenvalue weighted by atomic mass is 10.1. The van der Waals surface area contributed by atoms with Crippen molar-refractivity contribution in [2.75, 3.05) is 41.5 Å². The number of rotatable bonds is 11. The van der Waals surface area contributed by atoms with Gasteiger partial charge in [-0.1, -0.05) is 38.1 Å². The van der Waals surface area contributed by atoms with E-state index in [1.807, 2.05) is 12.1 Å². The number of halogens is 1. The SMILES string of the molecule is CCN(CC)Cc1ccc(CNC(=NC)NCc2cc(OC)c(OC)c(OC)c2)cc1.I. The number of guanidine groups is 1. The predicted octanol–water partition coefficient (Wildman–Crippen LogP) is 4.04. The van der Waals surface area contributed by atoms with Crippen molar-refractivity contribution in [2.24, 2.45) is 4.99 Å². The number of benzene rings is 2. The first-order valence-corrected chi connectivity index (χ1v) is 10.6. The topological polar surface area (TPSA) is 67.4 Å². The molecule has 0 aliphatic carbocycles. The minimum absolute atomic E-state index is 0. The van der Waals surface area contributed by atoms with E-state index in [4.69, 9.17) is 14.2 Å². The van der Waals surface area contributed by atoms with Gasteiger partial charge in [0.15, 0.2) is 17.5 Å². The molecule has 0 aromatic heterocycles. The van der Waals surface area contributed by atoms with Gasteiger partial charge in [0.05, 0.1) is 21.3 Å². The maximum absolute atomic E-state index is 5.42. The van der Waals surface area contributed by atoms with E-state index in [1.165, 1.54) is 11.1 Å². The van der Waals surface area contributed by atoms with Gasteiger partial charge in [0.2, 0.25) is 5.75 Å². The van der Waals surface area contributed by atoms with Crippen molar-refractivity contribution >= 4 is 29.9 Å². The molecular formula is C24H37IN4O3. The van der Waals surface area contributed by atoms with E-state index in [0.29, 0.717) is 30.3 Å². The summed E-state index contributed by atoms with van der Waals surface area (Å²) >= 11 is 0. The highest BCUT2D eigenvalue weighted by molar-refractivity contribution is 14.0. The molecule has 8 heteroatoms. The third-order valence-electron chi connectivity index (χ3n) is 5.19. The van der Waals surface area contributed by atoms with E-state index in [-0.39, 0.29) is 24.0 Å². The van der Waals surface area contributed by atoms with Crippen molar-refractivity contribution in [3.8, 4) is 17.2 Å². The normalized spacial score (nSPS) is 11.0. The van der Waals surface area contributed by atoms with Gasteiger partial charge in [0.25, 0.3) is 0 Å². The molecule has 2 rings (SSSR count). The minimum Gasteiger partial charge on any atom is -0.493 e. The van der Waals surface area contributed by atoms with Crippen molar-refractivity contribution in [1.29, 1.82) is 0 Å². The van der Waals surface area contributed by atoms with Crippen molar-refractivity contribution in [3.63, 3.8) is 0 Å². The van der Waals surface area contributed by atoms with Gasteiger partial charge in [-0.2, -0.15) is 0 Å². The van der Waals surface area contributed by atoms with Crippen LogP contribution in [-0.4, -0.2) is 52.3 Å². The lowest BCUT2D eigenvalue weighted by Gasteiger charge is -2.18. The van der Waals surface area contributed by atoms with Crippen LogP contribution in [0.4, 0.5) is 0 Å². The van der Waals surface area contributed by atoms with Gasteiger partial charge < -0.3 is 24.8 Å². The summed E-state index contributed by atoms with van der Waals surface area (Å²) in [4.78, 5) is 6.72. The fraction of sp³-hybridized carbons (Fsp3) is 0.458. The summed E-state index contributed by atoms with van der Waals surface area (Å²) in [6.07, 6.45) is 0. The quantitative estimate of drug-likeness (QED) is 0.248. The number of nitrogens with one attached hydrogen (secondary N) is 2. The van der Waals surface area contributed by atoms with E-state index in [1.54, 1.807) is 28.4 Å². The molecule has 0 unspecified atom stereocenters. The highest BCUT2D eigenvalue weighted by Gasteiger charge is 2.13. The fourth-order valence-electron chi connectivity index (χ4n) is 3.30. The van der Waals surface area contributed by atoms with Crippen LogP contribution in [0.1, 0.15) is 30.5 Å². The second kappa shape index (κ2) is 14.8. The Morgan fingerprint density at radius 1 is 0.812 bits per heavy atom. The molecule has 0 amide bonds. The molecule has 0 radical (unpaired) electrons. The Morgan fingerprint density at radius 3 is 1.75 bits per heavy atom. The van der Waals surface area contributed by atoms with Gasteiger partial charge in [0.1, 0.15) is 0 Å². The van der Waals surface area contributed by atoms with Crippen molar-refractivity contribution in [3.05, 3.63) is 53.1 Å². The summed E-state index contributed by atoms with van der Waals surface area (Å²) in [7, 11) is 6.59. The number of hydrogen-bond acceptors (Lipinski definition) is 5. The van der Waals surface area contributed by atoms with Gasteiger partial charge in [-0.05, 0) is 41.9 Å². The molecule has 0 aliphatic rings. The van der Waals surface area contributed by atoms with E-state index in [2.05, 4.69) is 58.6 Å². The van der Waals surface area contributed by atoms with Crippen molar-refractivity contribution < 1.29 is 14.2 Å². The second-order valence-electron chi connectivity index (χ2n) is 7.09. The summed E-state index contributed by atoms with van der Waals surface area (Å²) in [6, 6.07) is 12.6. The highest BCUT2D eigenvalue weighted by Crippen LogP contribution is 2.38. The lowest BCUT2D eigenvalue weighted by molar-refractivity contribution is 0.296. The number of nitrogens with zero attached hydrogens (tertiary/aromatic N) is 2. The molecule has 0 spiro atoms. The Morgan fingerprint density at radius 2 is 1.31 bits per heavy atom. The largest absolute Gasteiger partial charge is 0.493 e. The van der Waals surface area contributed by atoms with Crippen LogP contribution in [-0.2, 0) is 19.6 Å². The van der Waals surface area contributed by atoms with Crippen LogP contribution < -0.4 is 24.8 Å². The Hall–Kier alpha value is -2.20. The van der Waals surface area contributed by atoms with Crippen LogP contribution in [0.25, 0.3) is 0 Å². The monoisotopic (exact) mass is 556 g/mol. The Kier molecular flexibility index (Phi) is 12.9. The minimum atomic E-state index is 0. The standard InChI is InChI=1S/C24H36N4O3.HI/c1-7-28(8-2)17-19-11-9-18(10-12-19)15-26-24(25-3)27-16-20-13-21(29-4)23(31-6)22(14-20)30-5;/h9-14H,7-8,15-17H2,1-6H3,(H2,25,26,27);1H. The molecule has 178 valence electrons. The molecule has 0 heterocycles. The second-order valence-corrected chi connectivity index (χ2v) is 7.09. The van der Waals surface area contributed by atoms with Crippen LogP contribution in [0.5, 0.6) is 17.2 Å². The Bertz CT molecular complexity index is 815. The van der Waals surface area contributed by atoms with E-state index < -0.39 is 0 Å². The van der Waals surface area contributed by atoms with Gasteiger partial charge in [-0.3, -0.25) is 9.89 Å². The molecule has 0 saturated carbocycles. The van der Waals surface area contributed by atoms with Crippen LogP contribution >= 0.6 is 24.0 Å². The zero-order chi connectivity index (χ0) is 22.6. The summed E-state index contributed by atoms with van der Waals surface area (Å²) in [6.45, 7) is 8.76. The predicted molar refractivity (Wildman–Crippen MR) is 142 cm³/mol. The average molecular weight is 556 g/mol. The van der Waals surface area contributed by atoms with Gasteiger partial charge >= 0.3 is 0 Å². The zero-order valence-electron chi connectivity index (χ0n) is 20.0. The molecule has 0 saturated heterocycles. The maximum atomic E-state index is 5.42. The smallest absolute Gasteiger partial charge is 0.203 e. The third kappa shape index (κ3) is 8.05. The fourth-order valence-corrected chi connectivity index (χ4v) is 3.30. The summed E-state index contributed by atoms with van der Waals surface area (Å²) < 4.78 is 16.2. The number of ether oxygens (including phenoxy) is 3. The highest BCUT2D eigenvalue weighted by atomic mass is 127. The lowest BCUT2D eigenvalue weighted by Crippen LogP contribution is -2.36. The molecule has 0 aliphatic heterocycles. The molecule has 7 nitrogen and oxygen atoms in total. The summed E-state index contributed by atoms with van der Waals surface area (Å²) in [5.41, 5.74) is 3.54. The molecule has 0 fully saturated rings. The van der Waals surface area contributed by atoms with Crippen LogP contribution in [0.15, 0.2) is 41.4 Å². The Balaban J connectivity index is 0.00000512. The molecule has 2 aromatic rings. The molecule has 32 heavy (non-hydrogen) atoms. The Labute approximate surface area is 209 Å². The first-order valence-electron chi connectivity index (χ1n) is 10.6. The summed E-state index contributed by atoms with van der Waals surface area (Å²) in [5.74, 6) is 2.57. The van der Waals surface area contributed by atoms with Crippen molar-refractivity contribution in [1.82, 2.24) is 15.5 Å². The third-order valence-corrected chi connectivity index (χ3v) is 5.19. The van der Waals surface area contributed by atoms with Crippen LogP contribution in [0, 0.1) is 0 Å². The van der Waals surface area contributed by atoms with Gasteiger partial charge in [-0.15, -0.1) is 24.0 Å². The van der Waals surface area contributed by atoms with E-state index in [0.717, 1.165) is 31.2 Å². The van der Waals surface area contributed by atoms with Gasteiger partial charge in [-0.25, -0.2) is 0 Å². The van der Waals surface area contributed by atoms with E-state index >= 15 is 0 Å². The van der Waals surface area contributed by atoms with Crippen molar-refractivity contribution in [2.45, 2.75) is 33.5 Å². The first-order chi connectivity index (χ1) is 15.1. The first kappa shape index (κ1) is 27.8. The molecular weight excluding hydrogens is 519 g/mol. The number of methoxy groups -OCH3 is 3. The molecule has 2 N–H and O–H groups in total. The molecule has 0 bridgehead atoms. The summed E-state index contributed by atoms with van der Waals surface area (Å²) in [5, 5.41) is 6.69. The van der Waals surface area contributed by atoms with Crippen LogP contribution in [0.3, 0.4) is 0 Å². The van der Waals surface area contributed by atoms with Crippen LogP contribution in [0.2, 0.25) is 0 Å². The number of aliphatic imine (C=N–C) groups is 1. The molecule has 0 atom stereocenters. The van der Waals surface area contributed by atoms with Gasteiger partial charge in [0, 0.05) is 26.7 Å².